The third kappa shape index (κ3) is 7.86. The number of hydrogen-bond donors (Lipinski definition) is 1. The molecule has 0 aliphatic rings. The lowest BCUT2D eigenvalue weighted by molar-refractivity contribution is -0.140. The zero-order valence-electron chi connectivity index (χ0n) is 21.7. The molecule has 36 heavy (non-hydrogen) atoms. The van der Waals surface area contributed by atoms with Crippen LogP contribution in [-0.2, 0) is 26.2 Å². The number of amides is 2. The summed E-state index contributed by atoms with van der Waals surface area (Å²) in [6.07, 6.45) is 2.11. The van der Waals surface area contributed by atoms with Crippen molar-refractivity contribution in [3.05, 3.63) is 58.6 Å². The number of anilines is 1. The third-order valence-corrected chi connectivity index (χ3v) is 7.27. The Balaban J connectivity index is 2.51. The van der Waals surface area contributed by atoms with Gasteiger partial charge in [-0.3, -0.25) is 13.9 Å². The van der Waals surface area contributed by atoms with Crippen LogP contribution in [0.5, 0.6) is 5.75 Å². The number of nitrogens with one attached hydrogen (secondary N) is 1. The van der Waals surface area contributed by atoms with E-state index in [1.807, 2.05) is 52.0 Å². The van der Waals surface area contributed by atoms with Crippen molar-refractivity contribution in [1.82, 2.24) is 10.2 Å². The largest absolute Gasteiger partial charge is 0.495 e. The van der Waals surface area contributed by atoms with Crippen LogP contribution in [0.4, 0.5) is 5.69 Å². The molecule has 0 aromatic heterocycles. The van der Waals surface area contributed by atoms with E-state index in [0.717, 1.165) is 28.1 Å². The van der Waals surface area contributed by atoms with E-state index in [1.54, 1.807) is 12.1 Å². The molecule has 0 aliphatic heterocycles. The first-order chi connectivity index (χ1) is 16.9. The number of nitrogens with zero attached hydrogens (tertiary/aromatic N) is 2. The van der Waals surface area contributed by atoms with Gasteiger partial charge in [0.25, 0.3) is 0 Å². The summed E-state index contributed by atoms with van der Waals surface area (Å²) in [5, 5.41) is 3.25. The topological polar surface area (TPSA) is 96.0 Å². The molecule has 0 radical (unpaired) electrons. The number of sulfonamides is 1. The van der Waals surface area contributed by atoms with Gasteiger partial charge in [-0.15, -0.1) is 0 Å². The summed E-state index contributed by atoms with van der Waals surface area (Å²) in [5.41, 5.74) is 2.00. The van der Waals surface area contributed by atoms with Crippen molar-refractivity contribution in [2.45, 2.75) is 59.2 Å². The molecular formula is C26H36ClN3O5S. The van der Waals surface area contributed by atoms with Crippen molar-refractivity contribution in [2.24, 2.45) is 0 Å². The summed E-state index contributed by atoms with van der Waals surface area (Å²) < 4.78 is 31.9. The number of halogens is 1. The highest BCUT2D eigenvalue weighted by Crippen LogP contribution is 2.33. The van der Waals surface area contributed by atoms with E-state index in [0.29, 0.717) is 11.4 Å². The minimum absolute atomic E-state index is 0.0642. The predicted molar refractivity (Wildman–Crippen MR) is 144 cm³/mol. The summed E-state index contributed by atoms with van der Waals surface area (Å²) in [5.74, 6) is -0.543. The van der Waals surface area contributed by atoms with E-state index in [2.05, 4.69) is 5.32 Å². The van der Waals surface area contributed by atoms with Crippen molar-refractivity contribution in [3.8, 4) is 5.75 Å². The van der Waals surface area contributed by atoms with E-state index in [-0.39, 0.29) is 29.9 Å². The smallest absolute Gasteiger partial charge is 0.244 e. The van der Waals surface area contributed by atoms with E-state index in [4.69, 9.17) is 16.3 Å². The SMILES string of the molecule is CC[C@@H](C)NC(=O)[C@H](CC)N(Cc1cccc(C)c1)C(=O)CN(c1cc(Cl)ccc1OC)S(C)(=O)=O. The van der Waals surface area contributed by atoms with E-state index >= 15 is 0 Å². The van der Waals surface area contributed by atoms with Crippen molar-refractivity contribution < 1.29 is 22.7 Å². The second kappa shape index (κ2) is 13.0. The highest BCUT2D eigenvalue weighted by molar-refractivity contribution is 7.92. The molecule has 198 valence electrons. The molecule has 2 aromatic rings. The molecule has 2 amide bonds. The number of ether oxygens (including phenoxy) is 1. The number of rotatable bonds is 12. The standard InChI is InChI=1S/C26H36ClN3O5S/c1-7-19(4)28-26(32)22(8-2)29(16-20-11-9-10-18(3)14-20)25(31)17-30(36(6,33)34)23-15-21(27)12-13-24(23)35-5/h9-15,19,22H,7-8,16-17H2,1-6H3,(H,28,32)/t19-,22+/m1/s1. The van der Waals surface area contributed by atoms with Gasteiger partial charge < -0.3 is 15.0 Å². The van der Waals surface area contributed by atoms with Crippen LogP contribution in [0.2, 0.25) is 5.02 Å². The summed E-state index contributed by atoms with van der Waals surface area (Å²) >= 11 is 6.14. The Morgan fingerprint density at radius 3 is 2.36 bits per heavy atom. The van der Waals surface area contributed by atoms with E-state index < -0.39 is 28.5 Å². The molecule has 0 saturated heterocycles. The average molecular weight is 538 g/mol. The fraction of sp³-hybridized carbons (Fsp3) is 0.462. The zero-order valence-corrected chi connectivity index (χ0v) is 23.3. The zero-order chi connectivity index (χ0) is 27.0. The van der Waals surface area contributed by atoms with Gasteiger partial charge in [0, 0.05) is 17.6 Å². The molecule has 2 atom stereocenters. The lowest BCUT2D eigenvalue weighted by Crippen LogP contribution is -2.53. The fourth-order valence-corrected chi connectivity index (χ4v) is 4.83. The monoisotopic (exact) mass is 537 g/mol. The second-order valence-electron chi connectivity index (χ2n) is 8.84. The molecule has 0 fully saturated rings. The van der Waals surface area contributed by atoms with Crippen LogP contribution in [-0.4, -0.2) is 57.1 Å². The fourth-order valence-electron chi connectivity index (χ4n) is 3.82. The average Bonchev–Trinajstić information content (AvgIpc) is 2.81. The molecule has 2 rings (SSSR count). The minimum atomic E-state index is -3.90. The lowest BCUT2D eigenvalue weighted by Gasteiger charge is -2.33. The number of carbonyl (C=O) groups is 2. The minimum Gasteiger partial charge on any atom is -0.495 e. The maximum absolute atomic E-state index is 13.8. The van der Waals surface area contributed by atoms with Crippen LogP contribution in [0.15, 0.2) is 42.5 Å². The Morgan fingerprint density at radius 1 is 1.11 bits per heavy atom. The molecular weight excluding hydrogens is 502 g/mol. The third-order valence-electron chi connectivity index (χ3n) is 5.91. The Morgan fingerprint density at radius 2 is 1.81 bits per heavy atom. The van der Waals surface area contributed by atoms with E-state index in [1.165, 1.54) is 18.1 Å². The van der Waals surface area contributed by atoms with Gasteiger partial charge in [0.1, 0.15) is 18.3 Å². The predicted octanol–water partition coefficient (Wildman–Crippen LogP) is 4.15. The maximum Gasteiger partial charge on any atom is 0.244 e. The highest BCUT2D eigenvalue weighted by atomic mass is 35.5. The van der Waals surface area contributed by atoms with Crippen LogP contribution in [0, 0.1) is 6.92 Å². The molecule has 1 N–H and O–H groups in total. The first-order valence-corrected chi connectivity index (χ1v) is 14.1. The quantitative estimate of drug-likeness (QED) is 0.439. The van der Waals surface area contributed by atoms with Gasteiger partial charge >= 0.3 is 0 Å². The van der Waals surface area contributed by atoms with Crippen LogP contribution in [0.3, 0.4) is 0 Å². The number of methoxy groups -OCH3 is 1. The van der Waals surface area contributed by atoms with Crippen LogP contribution < -0.4 is 14.4 Å². The molecule has 0 bridgehead atoms. The lowest BCUT2D eigenvalue weighted by atomic mass is 10.1. The second-order valence-corrected chi connectivity index (χ2v) is 11.2. The van der Waals surface area contributed by atoms with Crippen molar-refractivity contribution in [2.75, 3.05) is 24.2 Å². The Hall–Kier alpha value is -2.78. The van der Waals surface area contributed by atoms with Crippen molar-refractivity contribution >= 4 is 39.1 Å². The normalized spacial score (nSPS) is 13.0. The Labute approximate surface area is 219 Å². The van der Waals surface area contributed by atoms with Gasteiger partial charge in [-0.1, -0.05) is 55.3 Å². The van der Waals surface area contributed by atoms with Crippen LogP contribution in [0.25, 0.3) is 0 Å². The summed E-state index contributed by atoms with van der Waals surface area (Å²) in [7, 11) is -2.50. The molecule has 0 saturated carbocycles. The van der Waals surface area contributed by atoms with E-state index in [9.17, 15) is 18.0 Å². The summed E-state index contributed by atoms with van der Waals surface area (Å²) in [4.78, 5) is 28.4. The highest BCUT2D eigenvalue weighted by Gasteiger charge is 2.33. The maximum atomic E-state index is 13.8. The van der Waals surface area contributed by atoms with Gasteiger partial charge in [0.05, 0.1) is 19.1 Å². The summed E-state index contributed by atoms with van der Waals surface area (Å²) in [6, 6.07) is 11.3. The molecule has 8 nitrogen and oxygen atoms in total. The van der Waals surface area contributed by atoms with Crippen LogP contribution >= 0.6 is 11.6 Å². The Kier molecular flexibility index (Phi) is 10.6. The number of aryl methyl sites for hydroxylation is 1. The van der Waals surface area contributed by atoms with Gasteiger partial charge in [-0.05, 0) is 50.5 Å². The molecule has 0 spiro atoms. The molecule has 10 heteroatoms. The summed E-state index contributed by atoms with van der Waals surface area (Å²) in [6.45, 7) is 7.26. The molecule has 0 heterocycles. The van der Waals surface area contributed by atoms with Gasteiger partial charge in [-0.2, -0.15) is 0 Å². The number of benzene rings is 2. The number of hydrogen-bond acceptors (Lipinski definition) is 5. The van der Waals surface area contributed by atoms with Crippen molar-refractivity contribution in [3.63, 3.8) is 0 Å². The van der Waals surface area contributed by atoms with Gasteiger partial charge in [-0.25, -0.2) is 8.42 Å². The first-order valence-electron chi connectivity index (χ1n) is 11.9. The molecule has 0 aliphatic carbocycles. The first kappa shape index (κ1) is 29.5. The van der Waals surface area contributed by atoms with Gasteiger partial charge in [0.2, 0.25) is 21.8 Å². The molecule has 0 unspecified atom stereocenters. The number of carbonyl (C=O) groups excluding carboxylic acids is 2. The Bertz CT molecular complexity index is 1170. The van der Waals surface area contributed by atoms with Gasteiger partial charge in [0.15, 0.2) is 0 Å². The molecule has 2 aromatic carbocycles. The van der Waals surface area contributed by atoms with Crippen molar-refractivity contribution in [1.29, 1.82) is 0 Å². The van der Waals surface area contributed by atoms with Crippen LogP contribution in [0.1, 0.15) is 44.7 Å².